The summed E-state index contributed by atoms with van der Waals surface area (Å²) in [5.41, 5.74) is 2.31. The molecule has 32 heavy (non-hydrogen) atoms. The number of rotatable bonds is 4. The van der Waals surface area contributed by atoms with E-state index in [9.17, 15) is 14.0 Å². The van der Waals surface area contributed by atoms with Crippen molar-refractivity contribution in [2.75, 3.05) is 18.6 Å². The summed E-state index contributed by atoms with van der Waals surface area (Å²) < 4.78 is 24.4. The highest BCUT2D eigenvalue weighted by molar-refractivity contribution is 6.03. The summed E-state index contributed by atoms with van der Waals surface area (Å²) in [6.45, 7) is -0.0812. The van der Waals surface area contributed by atoms with Crippen LogP contribution in [0.15, 0.2) is 47.2 Å². The third-order valence-electron chi connectivity index (χ3n) is 5.11. The normalized spacial score (nSPS) is 15.9. The summed E-state index contributed by atoms with van der Waals surface area (Å²) in [5, 5.41) is 9.19. The monoisotopic (exact) mass is 436 g/mol. The second-order valence-electron chi connectivity index (χ2n) is 7.29. The predicted octanol–water partition coefficient (Wildman–Crippen LogP) is 1.83. The lowest BCUT2D eigenvalue weighted by molar-refractivity contribution is -0.120. The highest BCUT2D eigenvalue weighted by Gasteiger charge is 2.32. The van der Waals surface area contributed by atoms with Gasteiger partial charge in [0.25, 0.3) is 11.8 Å². The number of H-pyrrole nitrogens is 1. The van der Waals surface area contributed by atoms with Gasteiger partial charge in [-0.3, -0.25) is 14.7 Å². The topological polar surface area (TPSA) is 126 Å². The SMILES string of the molecule is CN1C(=O)[C@@H](NC(=O)c2n[nH]c(Cc3cccc(F)c3)n2)COc2cc3ocnc3cc21. The first-order chi connectivity index (χ1) is 15.5. The first kappa shape index (κ1) is 19.7. The number of nitrogens with one attached hydrogen (secondary N) is 2. The van der Waals surface area contributed by atoms with Crippen LogP contribution in [0.3, 0.4) is 0 Å². The number of oxazole rings is 1. The molecule has 0 unspecified atom stereocenters. The van der Waals surface area contributed by atoms with Gasteiger partial charge in [-0.25, -0.2) is 14.4 Å². The van der Waals surface area contributed by atoms with Crippen molar-refractivity contribution in [3.05, 3.63) is 65.8 Å². The lowest BCUT2D eigenvalue weighted by Gasteiger charge is -2.19. The molecule has 2 amide bonds. The molecule has 0 fully saturated rings. The van der Waals surface area contributed by atoms with E-state index in [0.717, 1.165) is 0 Å². The number of aromatic amines is 1. The number of nitrogens with zero attached hydrogens (tertiary/aromatic N) is 4. The number of carbonyl (C=O) groups is 2. The van der Waals surface area contributed by atoms with Gasteiger partial charge in [0.15, 0.2) is 12.0 Å². The van der Waals surface area contributed by atoms with E-state index in [1.54, 1.807) is 31.3 Å². The lowest BCUT2D eigenvalue weighted by atomic mass is 10.1. The Morgan fingerprint density at radius 1 is 1.34 bits per heavy atom. The molecule has 3 heterocycles. The fourth-order valence-corrected chi connectivity index (χ4v) is 3.49. The quantitative estimate of drug-likeness (QED) is 0.500. The fraction of sp³-hybridized carbons (Fsp3) is 0.190. The lowest BCUT2D eigenvalue weighted by Crippen LogP contribution is -2.49. The number of hydrogen-bond acceptors (Lipinski definition) is 7. The zero-order valence-electron chi connectivity index (χ0n) is 16.8. The summed E-state index contributed by atoms with van der Waals surface area (Å²) in [4.78, 5) is 35.2. The van der Waals surface area contributed by atoms with Gasteiger partial charge in [0.1, 0.15) is 35.6 Å². The average molecular weight is 436 g/mol. The maximum absolute atomic E-state index is 13.4. The molecule has 0 saturated heterocycles. The van der Waals surface area contributed by atoms with Crippen molar-refractivity contribution in [1.29, 1.82) is 0 Å². The smallest absolute Gasteiger partial charge is 0.291 e. The maximum atomic E-state index is 13.4. The summed E-state index contributed by atoms with van der Waals surface area (Å²) in [5.74, 6) is -0.657. The molecule has 1 atom stereocenters. The van der Waals surface area contributed by atoms with Crippen LogP contribution in [0, 0.1) is 5.82 Å². The zero-order valence-corrected chi connectivity index (χ0v) is 16.8. The number of fused-ring (bicyclic) bond motifs is 2. The van der Waals surface area contributed by atoms with Gasteiger partial charge in [0.05, 0.1) is 5.69 Å². The van der Waals surface area contributed by atoms with Gasteiger partial charge < -0.3 is 19.4 Å². The molecule has 11 heteroatoms. The number of anilines is 1. The van der Waals surface area contributed by atoms with Gasteiger partial charge in [-0.05, 0) is 23.8 Å². The molecule has 162 valence electrons. The largest absolute Gasteiger partial charge is 0.489 e. The van der Waals surface area contributed by atoms with Crippen LogP contribution in [0.5, 0.6) is 5.75 Å². The first-order valence-corrected chi connectivity index (χ1v) is 9.72. The Bertz CT molecular complexity index is 1330. The van der Waals surface area contributed by atoms with E-state index >= 15 is 0 Å². The number of likely N-dealkylation sites (N-methyl/N-ethyl adjacent to an activating group) is 1. The summed E-state index contributed by atoms with van der Waals surface area (Å²) in [6, 6.07) is 8.44. The van der Waals surface area contributed by atoms with E-state index in [0.29, 0.717) is 33.9 Å². The Labute approximate surface area is 180 Å². The Morgan fingerprint density at radius 3 is 3.06 bits per heavy atom. The minimum Gasteiger partial charge on any atom is -0.489 e. The van der Waals surface area contributed by atoms with Crippen molar-refractivity contribution in [3.63, 3.8) is 0 Å². The molecule has 0 spiro atoms. The third-order valence-corrected chi connectivity index (χ3v) is 5.11. The van der Waals surface area contributed by atoms with E-state index in [2.05, 4.69) is 25.5 Å². The number of ether oxygens (including phenoxy) is 1. The Kier molecular flexibility index (Phi) is 4.77. The van der Waals surface area contributed by atoms with Crippen LogP contribution >= 0.6 is 0 Å². The van der Waals surface area contributed by atoms with Gasteiger partial charge in [0, 0.05) is 19.5 Å². The Hall–Kier alpha value is -4.28. The van der Waals surface area contributed by atoms with Gasteiger partial charge in [-0.2, -0.15) is 0 Å². The molecule has 1 aliphatic rings. The number of halogens is 1. The van der Waals surface area contributed by atoms with E-state index in [1.807, 2.05) is 0 Å². The van der Waals surface area contributed by atoms with Crippen LogP contribution in [0.1, 0.15) is 22.0 Å². The molecule has 1 aliphatic heterocycles. The van der Waals surface area contributed by atoms with E-state index in [4.69, 9.17) is 9.15 Å². The third kappa shape index (κ3) is 3.64. The molecule has 2 N–H and O–H groups in total. The minimum atomic E-state index is -0.954. The van der Waals surface area contributed by atoms with Crippen LogP contribution in [-0.2, 0) is 11.2 Å². The van der Waals surface area contributed by atoms with Crippen LogP contribution < -0.4 is 15.0 Å². The van der Waals surface area contributed by atoms with Gasteiger partial charge in [0.2, 0.25) is 5.82 Å². The summed E-state index contributed by atoms with van der Waals surface area (Å²) >= 11 is 0. The summed E-state index contributed by atoms with van der Waals surface area (Å²) in [7, 11) is 1.59. The zero-order chi connectivity index (χ0) is 22.2. The van der Waals surface area contributed by atoms with Crippen molar-refractivity contribution in [3.8, 4) is 5.75 Å². The second-order valence-corrected chi connectivity index (χ2v) is 7.29. The van der Waals surface area contributed by atoms with E-state index in [-0.39, 0.29) is 30.6 Å². The highest BCUT2D eigenvalue weighted by Crippen LogP contribution is 2.34. The molecule has 0 radical (unpaired) electrons. The molecule has 4 aromatic rings. The highest BCUT2D eigenvalue weighted by atomic mass is 19.1. The standard InChI is InChI=1S/C21H17FN6O4/c1-28-15-7-13-16(32-10-23-13)8-17(15)31-9-14(21(28)30)24-20(29)19-25-18(26-27-19)6-11-3-2-4-12(22)5-11/h2-5,7-8,10,14H,6,9H2,1H3,(H,24,29)(H,25,26,27)/t14-/m0/s1. The second kappa shape index (κ2) is 7.76. The van der Waals surface area contributed by atoms with E-state index in [1.165, 1.54) is 23.4 Å². The molecule has 0 saturated carbocycles. The van der Waals surface area contributed by atoms with Crippen LogP contribution in [0.25, 0.3) is 11.1 Å². The molecule has 10 nitrogen and oxygen atoms in total. The van der Waals surface area contributed by atoms with Crippen LogP contribution in [-0.4, -0.2) is 51.7 Å². The van der Waals surface area contributed by atoms with Crippen LogP contribution in [0.4, 0.5) is 10.1 Å². The molecule has 0 aliphatic carbocycles. The maximum Gasteiger partial charge on any atom is 0.291 e. The molecule has 5 rings (SSSR count). The predicted molar refractivity (Wildman–Crippen MR) is 110 cm³/mol. The molecular weight excluding hydrogens is 419 g/mol. The van der Waals surface area contributed by atoms with Crippen molar-refractivity contribution >= 4 is 28.6 Å². The van der Waals surface area contributed by atoms with Crippen molar-refractivity contribution in [2.45, 2.75) is 12.5 Å². The summed E-state index contributed by atoms with van der Waals surface area (Å²) in [6.07, 6.45) is 1.59. The molecule has 0 bridgehead atoms. The van der Waals surface area contributed by atoms with Crippen molar-refractivity contribution in [1.82, 2.24) is 25.5 Å². The van der Waals surface area contributed by atoms with Gasteiger partial charge in [-0.1, -0.05) is 12.1 Å². The molecule has 2 aromatic heterocycles. The molecule has 2 aromatic carbocycles. The van der Waals surface area contributed by atoms with Crippen molar-refractivity contribution < 1.29 is 23.1 Å². The number of amides is 2. The molecular formula is C21H17FN6O4. The van der Waals surface area contributed by atoms with Crippen LogP contribution in [0.2, 0.25) is 0 Å². The first-order valence-electron chi connectivity index (χ1n) is 9.72. The number of hydrogen-bond donors (Lipinski definition) is 2. The Balaban J connectivity index is 1.30. The van der Waals surface area contributed by atoms with Crippen molar-refractivity contribution in [2.24, 2.45) is 0 Å². The number of carbonyl (C=O) groups excluding carboxylic acids is 2. The average Bonchev–Trinajstić information content (AvgIpc) is 3.41. The van der Waals surface area contributed by atoms with Gasteiger partial charge in [-0.15, -0.1) is 5.10 Å². The number of benzene rings is 2. The number of aromatic nitrogens is 4. The Morgan fingerprint density at radius 2 is 2.22 bits per heavy atom. The van der Waals surface area contributed by atoms with E-state index < -0.39 is 11.9 Å². The fourth-order valence-electron chi connectivity index (χ4n) is 3.49. The van der Waals surface area contributed by atoms with Gasteiger partial charge >= 0.3 is 0 Å². The minimum absolute atomic E-state index is 0.0812.